The molecule has 1 saturated carbocycles. The van der Waals surface area contributed by atoms with Gasteiger partial charge in [0, 0.05) is 39.3 Å². The molecule has 2 aliphatic heterocycles. The zero-order valence-electron chi connectivity index (χ0n) is 17.0. The van der Waals surface area contributed by atoms with Crippen molar-refractivity contribution in [1.82, 2.24) is 20.0 Å². The number of hydrogen-bond donors (Lipinski definition) is 1. The van der Waals surface area contributed by atoms with Crippen molar-refractivity contribution in [2.24, 2.45) is 10.4 Å². The van der Waals surface area contributed by atoms with Crippen molar-refractivity contribution < 1.29 is 0 Å². The third-order valence-corrected chi connectivity index (χ3v) is 6.48. The summed E-state index contributed by atoms with van der Waals surface area (Å²) in [6, 6.07) is 0. The summed E-state index contributed by atoms with van der Waals surface area (Å²) in [5, 5.41) is 3.55. The van der Waals surface area contributed by atoms with E-state index in [1.807, 2.05) is 0 Å². The Bertz CT molecular complexity index is 436. The lowest BCUT2D eigenvalue weighted by Crippen LogP contribution is -2.42. The Hall–Kier alpha value is -0.0800. The molecule has 3 fully saturated rings. The first-order chi connectivity index (χ1) is 12.2. The Kier molecular flexibility index (Phi) is 9.44. The Morgan fingerprint density at radius 2 is 1.77 bits per heavy atom. The molecule has 1 spiro atoms. The van der Waals surface area contributed by atoms with Crippen LogP contribution in [-0.4, -0.2) is 86.6 Å². The second-order valence-corrected chi connectivity index (χ2v) is 8.47. The third-order valence-electron chi connectivity index (χ3n) is 6.48. The van der Waals surface area contributed by atoms with Gasteiger partial charge in [-0.25, -0.2) is 0 Å². The quantitative estimate of drug-likeness (QED) is 0.384. The molecule has 0 unspecified atom stereocenters. The van der Waals surface area contributed by atoms with E-state index in [1.54, 1.807) is 0 Å². The second kappa shape index (κ2) is 11.1. The molecule has 0 aromatic carbocycles. The molecule has 0 atom stereocenters. The van der Waals surface area contributed by atoms with E-state index >= 15 is 0 Å². The molecule has 1 aliphatic carbocycles. The summed E-state index contributed by atoms with van der Waals surface area (Å²) < 4.78 is 0. The van der Waals surface area contributed by atoms with Crippen LogP contribution in [0.2, 0.25) is 0 Å². The minimum Gasteiger partial charge on any atom is -0.357 e. The molecule has 2 heterocycles. The Balaban J connectivity index is 0.00000243. The largest absolute Gasteiger partial charge is 0.357 e. The van der Waals surface area contributed by atoms with E-state index < -0.39 is 0 Å². The first-order valence-electron chi connectivity index (χ1n) is 10.6. The van der Waals surface area contributed by atoms with Gasteiger partial charge < -0.3 is 20.0 Å². The molecule has 2 saturated heterocycles. The predicted molar refractivity (Wildman–Crippen MR) is 122 cm³/mol. The van der Waals surface area contributed by atoms with E-state index in [0.717, 1.165) is 25.6 Å². The topological polar surface area (TPSA) is 34.1 Å². The summed E-state index contributed by atoms with van der Waals surface area (Å²) in [7, 11) is 2.24. The van der Waals surface area contributed by atoms with E-state index in [2.05, 4.69) is 34.0 Å². The molecule has 0 aromatic rings. The fourth-order valence-corrected chi connectivity index (χ4v) is 4.87. The molecule has 26 heavy (non-hydrogen) atoms. The lowest BCUT2D eigenvalue weighted by Gasteiger charge is -2.33. The summed E-state index contributed by atoms with van der Waals surface area (Å²) in [4.78, 5) is 12.6. The highest BCUT2D eigenvalue weighted by Crippen LogP contribution is 2.43. The molecule has 6 heteroatoms. The molecular weight excluding hydrogens is 437 g/mol. The van der Waals surface area contributed by atoms with Gasteiger partial charge in [0.15, 0.2) is 5.96 Å². The minimum atomic E-state index is 0. The molecular formula is C20H40IN5. The highest BCUT2D eigenvalue weighted by Gasteiger charge is 2.39. The van der Waals surface area contributed by atoms with Gasteiger partial charge in [-0.2, -0.15) is 0 Å². The average Bonchev–Trinajstić information content (AvgIpc) is 2.90. The van der Waals surface area contributed by atoms with Crippen molar-refractivity contribution in [3.05, 3.63) is 0 Å². The van der Waals surface area contributed by atoms with Crippen LogP contribution in [0.5, 0.6) is 0 Å². The van der Waals surface area contributed by atoms with Crippen molar-refractivity contribution in [2.75, 3.05) is 66.0 Å². The smallest absolute Gasteiger partial charge is 0.193 e. The maximum Gasteiger partial charge on any atom is 0.193 e. The number of aliphatic imine (C=N–C) groups is 1. The summed E-state index contributed by atoms with van der Waals surface area (Å²) in [5.74, 6) is 1.16. The number of rotatable bonds is 4. The highest BCUT2D eigenvalue weighted by atomic mass is 127. The van der Waals surface area contributed by atoms with E-state index in [0.29, 0.717) is 5.41 Å². The van der Waals surface area contributed by atoms with Crippen LogP contribution in [0, 0.1) is 5.41 Å². The summed E-state index contributed by atoms with van der Waals surface area (Å²) in [5.41, 5.74) is 0.601. The molecule has 5 nitrogen and oxygen atoms in total. The van der Waals surface area contributed by atoms with Crippen LogP contribution < -0.4 is 5.32 Å². The van der Waals surface area contributed by atoms with Crippen molar-refractivity contribution in [3.8, 4) is 0 Å². The summed E-state index contributed by atoms with van der Waals surface area (Å²) in [6.45, 7) is 12.4. The van der Waals surface area contributed by atoms with Crippen LogP contribution in [0.4, 0.5) is 0 Å². The van der Waals surface area contributed by atoms with Gasteiger partial charge >= 0.3 is 0 Å². The lowest BCUT2D eigenvalue weighted by atomic mass is 9.73. The number of nitrogens with zero attached hydrogens (tertiary/aromatic N) is 4. The standard InChI is InChI=1S/C20H39N5.HI/c1-3-21-19(22-11-15-24-13-7-12-23(2)16-17-24)25-14-10-20(18-25)8-5-4-6-9-20;/h3-18H2,1-2H3,(H,21,22);1H. The molecule has 3 aliphatic rings. The van der Waals surface area contributed by atoms with Crippen molar-refractivity contribution in [1.29, 1.82) is 0 Å². The maximum atomic E-state index is 4.99. The maximum absolute atomic E-state index is 4.99. The molecule has 1 N–H and O–H groups in total. The van der Waals surface area contributed by atoms with E-state index in [4.69, 9.17) is 4.99 Å². The molecule has 0 radical (unpaired) electrons. The minimum absolute atomic E-state index is 0. The number of guanidine groups is 1. The number of halogens is 1. The lowest BCUT2D eigenvalue weighted by molar-refractivity contribution is 0.203. The first-order valence-corrected chi connectivity index (χ1v) is 10.6. The van der Waals surface area contributed by atoms with Crippen LogP contribution in [0.25, 0.3) is 0 Å². The van der Waals surface area contributed by atoms with Gasteiger partial charge in [0.2, 0.25) is 0 Å². The van der Waals surface area contributed by atoms with Gasteiger partial charge in [-0.15, -0.1) is 24.0 Å². The van der Waals surface area contributed by atoms with Crippen LogP contribution >= 0.6 is 24.0 Å². The first kappa shape index (κ1) is 22.2. The number of hydrogen-bond acceptors (Lipinski definition) is 3. The van der Waals surface area contributed by atoms with Crippen LogP contribution in [0.1, 0.15) is 51.9 Å². The highest BCUT2D eigenvalue weighted by molar-refractivity contribution is 14.0. The summed E-state index contributed by atoms with van der Waals surface area (Å²) in [6.07, 6.45) is 9.84. The SMILES string of the molecule is CCNC(=NCCN1CCCN(C)CC1)N1CCC2(CCCCC2)C1.I. The van der Waals surface area contributed by atoms with Crippen LogP contribution in [-0.2, 0) is 0 Å². The van der Waals surface area contributed by atoms with Gasteiger partial charge in [-0.1, -0.05) is 19.3 Å². The zero-order valence-corrected chi connectivity index (χ0v) is 19.3. The number of nitrogens with one attached hydrogen (secondary N) is 1. The Labute approximate surface area is 178 Å². The number of likely N-dealkylation sites (tertiary alicyclic amines) is 1. The fourth-order valence-electron chi connectivity index (χ4n) is 4.87. The van der Waals surface area contributed by atoms with Gasteiger partial charge in [-0.3, -0.25) is 4.99 Å². The molecule has 0 amide bonds. The second-order valence-electron chi connectivity index (χ2n) is 8.47. The van der Waals surface area contributed by atoms with Crippen molar-refractivity contribution in [2.45, 2.75) is 51.9 Å². The molecule has 3 rings (SSSR count). The monoisotopic (exact) mass is 477 g/mol. The fraction of sp³-hybridized carbons (Fsp3) is 0.950. The Morgan fingerprint density at radius 1 is 0.962 bits per heavy atom. The third kappa shape index (κ3) is 6.23. The molecule has 152 valence electrons. The van der Waals surface area contributed by atoms with E-state index in [-0.39, 0.29) is 24.0 Å². The molecule has 0 aromatic heterocycles. The van der Waals surface area contributed by atoms with E-state index in [9.17, 15) is 0 Å². The van der Waals surface area contributed by atoms with Gasteiger partial charge in [0.1, 0.15) is 0 Å². The van der Waals surface area contributed by atoms with Gasteiger partial charge in [-0.05, 0) is 58.2 Å². The van der Waals surface area contributed by atoms with E-state index in [1.165, 1.54) is 84.2 Å². The van der Waals surface area contributed by atoms with Crippen LogP contribution in [0.3, 0.4) is 0 Å². The predicted octanol–water partition coefficient (Wildman–Crippen LogP) is 2.86. The van der Waals surface area contributed by atoms with Crippen LogP contribution in [0.15, 0.2) is 4.99 Å². The van der Waals surface area contributed by atoms with Gasteiger partial charge in [0.25, 0.3) is 0 Å². The Morgan fingerprint density at radius 3 is 2.54 bits per heavy atom. The average molecular weight is 477 g/mol. The zero-order chi connectivity index (χ0) is 17.5. The number of likely N-dealkylation sites (N-methyl/N-ethyl adjacent to an activating group) is 1. The van der Waals surface area contributed by atoms with Crippen molar-refractivity contribution in [3.63, 3.8) is 0 Å². The summed E-state index contributed by atoms with van der Waals surface area (Å²) >= 11 is 0. The molecule has 0 bridgehead atoms. The van der Waals surface area contributed by atoms with Crippen molar-refractivity contribution >= 4 is 29.9 Å². The van der Waals surface area contributed by atoms with Gasteiger partial charge in [0.05, 0.1) is 6.54 Å². The normalized spacial score (nSPS) is 25.2.